The van der Waals surface area contributed by atoms with Crippen LogP contribution in [0.1, 0.15) is 48.9 Å². The predicted molar refractivity (Wildman–Crippen MR) is 124 cm³/mol. The Labute approximate surface area is 193 Å². The number of fused-ring (bicyclic) bond motifs is 1. The molecule has 1 atom stereocenters. The molecule has 8 heteroatoms. The molecule has 0 fully saturated rings. The topological polar surface area (TPSA) is 151 Å². The zero-order valence-corrected chi connectivity index (χ0v) is 17.8. The van der Waals surface area contributed by atoms with E-state index in [-0.39, 0.29) is 23.5 Å². The summed E-state index contributed by atoms with van der Waals surface area (Å²) < 4.78 is 0. The Kier molecular flexibility index (Phi) is 6.07. The van der Waals surface area contributed by atoms with E-state index in [4.69, 9.17) is 5.73 Å². The first-order chi connectivity index (χ1) is 16.3. The van der Waals surface area contributed by atoms with Crippen molar-refractivity contribution in [2.75, 3.05) is 0 Å². The van der Waals surface area contributed by atoms with E-state index in [0.717, 1.165) is 0 Å². The van der Waals surface area contributed by atoms with Gasteiger partial charge in [-0.1, -0.05) is 48.5 Å². The van der Waals surface area contributed by atoms with Gasteiger partial charge < -0.3 is 20.9 Å². The van der Waals surface area contributed by atoms with Crippen LogP contribution in [-0.4, -0.2) is 38.7 Å². The largest absolute Gasteiger partial charge is 0.478 e. The molecule has 0 aliphatic rings. The normalized spacial score (nSPS) is 11.8. The molecule has 0 aliphatic carbocycles. The molecule has 1 aromatic heterocycles. The number of nitrogens with one attached hydrogen (secondary N) is 1. The van der Waals surface area contributed by atoms with Crippen LogP contribution in [0.15, 0.2) is 72.9 Å². The molecule has 0 spiro atoms. The third-order valence-corrected chi connectivity index (χ3v) is 5.69. The lowest BCUT2D eigenvalue weighted by Crippen LogP contribution is -2.23. The zero-order chi connectivity index (χ0) is 24.4. The molecule has 0 saturated heterocycles. The third kappa shape index (κ3) is 4.10. The maximum atomic E-state index is 13.0. The first-order valence-corrected chi connectivity index (χ1v) is 10.4. The van der Waals surface area contributed by atoms with Crippen LogP contribution in [0.5, 0.6) is 0 Å². The average molecular weight is 456 g/mol. The molecule has 4 rings (SSSR count). The number of rotatable bonds is 8. The number of aliphatic carboxylic acids is 1. The van der Waals surface area contributed by atoms with Crippen LogP contribution in [0.25, 0.3) is 10.9 Å². The van der Waals surface area contributed by atoms with Crippen molar-refractivity contribution in [2.45, 2.75) is 12.5 Å². The molecule has 0 bridgehead atoms. The number of benzene rings is 3. The third-order valence-electron chi connectivity index (χ3n) is 5.69. The molecule has 3 aromatic carbocycles. The molecule has 8 nitrogen and oxygen atoms in total. The smallest absolute Gasteiger partial charge is 0.373 e. The second kappa shape index (κ2) is 9.13. The van der Waals surface area contributed by atoms with Crippen LogP contribution in [0.4, 0.5) is 0 Å². The summed E-state index contributed by atoms with van der Waals surface area (Å²) in [4.78, 5) is 52.2. The minimum atomic E-state index is -1.66. The lowest BCUT2D eigenvalue weighted by atomic mass is 9.84. The minimum absolute atomic E-state index is 0.0221. The zero-order valence-electron chi connectivity index (χ0n) is 17.8. The summed E-state index contributed by atoms with van der Waals surface area (Å²) in [5, 5.41) is 19.6. The van der Waals surface area contributed by atoms with E-state index in [1.54, 1.807) is 48.7 Å². The van der Waals surface area contributed by atoms with Crippen LogP contribution in [0, 0.1) is 0 Å². The van der Waals surface area contributed by atoms with Crippen molar-refractivity contribution >= 4 is 34.4 Å². The van der Waals surface area contributed by atoms with Crippen LogP contribution < -0.4 is 5.73 Å². The molecule has 0 amide bonds. The van der Waals surface area contributed by atoms with Crippen molar-refractivity contribution < 1.29 is 29.4 Å². The van der Waals surface area contributed by atoms with Crippen LogP contribution in [-0.2, 0) is 16.1 Å². The highest BCUT2D eigenvalue weighted by molar-refractivity contribution is 6.35. The monoisotopic (exact) mass is 456 g/mol. The first-order valence-electron chi connectivity index (χ1n) is 10.4. The number of aromatic carboxylic acids is 1. The number of aromatic nitrogens is 1. The average Bonchev–Trinajstić information content (AvgIpc) is 3.32. The fourth-order valence-electron chi connectivity index (χ4n) is 4.08. The number of nitrogens with two attached hydrogens (primary N) is 1. The molecular weight excluding hydrogens is 436 g/mol. The summed E-state index contributed by atoms with van der Waals surface area (Å²) in [6.07, 6.45) is 1.56. The van der Waals surface area contributed by atoms with Gasteiger partial charge >= 0.3 is 11.9 Å². The van der Waals surface area contributed by atoms with Gasteiger partial charge in [-0.15, -0.1) is 0 Å². The molecular formula is C26H20N2O6. The Morgan fingerprint density at radius 2 is 1.59 bits per heavy atom. The van der Waals surface area contributed by atoms with Gasteiger partial charge in [0.05, 0.1) is 11.5 Å². The fourth-order valence-corrected chi connectivity index (χ4v) is 4.08. The summed E-state index contributed by atoms with van der Waals surface area (Å²) in [5.41, 5.74) is 8.02. The van der Waals surface area contributed by atoms with Gasteiger partial charge in [0, 0.05) is 34.8 Å². The molecule has 0 aliphatic heterocycles. The van der Waals surface area contributed by atoms with E-state index in [9.17, 15) is 29.4 Å². The number of carboxylic acid groups (broad SMARTS) is 2. The molecule has 1 heterocycles. The van der Waals surface area contributed by atoms with Crippen molar-refractivity contribution in [2.24, 2.45) is 5.73 Å². The molecule has 34 heavy (non-hydrogen) atoms. The van der Waals surface area contributed by atoms with Crippen molar-refractivity contribution in [1.29, 1.82) is 0 Å². The predicted octanol–water partition coefficient (Wildman–Crippen LogP) is 3.34. The number of hydrogen-bond donors (Lipinski definition) is 4. The molecule has 4 aromatic rings. The Balaban J connectivity index is 1.87. The van der Waals surface area contributed by atoms with Crippen molar-refractivity contribution in [3.63, 3.8) is 0 Å². The number of H-pyrrole nitrogens is 1. The van der Waals surface area contributed by atoms with E-state index in [0.29, 0.717) is 33.2 Å². The van der Waals surface area contributed by atoms with Gasteiger partial charge in [0.2, 0.25) is 0 Å². The van der Waals surface area contributed by atoms with Crippen LogP contribution >= 0.6 is 0 Å². The lowest BCUT2D eigenvalue weighted by Gasteiger charge is -2.18. The second-order valence-electron chi connectivity index (χ2n) is 7.73. The number of carbonyl (C=O) groups excluding carboxylic acids is 2. The summed E-state index contributed by atoms with van der Waals surface area (Å²) in [6.45, 7) is -0.0221. The van der Waals surface area contributed by atoms with Gasteiger partial charge in [0.15, 0.2) is 5.78 Å². The first kappa shape index (κ1) is 22.6. The van der Waals surface area contributed by atoms with Crippen LogP contribution in [0.3, 0.4) is 0 Å². The highest BCUT2D eigenvalue weighted by atomic mass is 16.4. The molecule has 170 valence electrons. The number of Topliss-reactive ketones (excluding diaryl/α,β-unsaturated/α-hetero) is 1. The number of ketones is 2. The van der Waals surface area contributed by atoms with Gasteiger partial charge in [-0.2, -0.15) is 0 Å². The SMILES string of the molecule is NCc1cc(C(C(=O)C(=O)O)c2cc(C(=O)O)c3cc[nH]c3c2)ccc1C(=O)c1ccccc1. The second-order valence-corrected chi connectivity index (χ2v) is 7.73. The van der Waals surface area contributed by atoms with Gasteiger partial charge in [0.1, 0.15) is 0 Å². The summed E-state index contributed by atoms with van der Waals surface area (Å²) >= 11 is 0. The maximum Gasteiger partial charge on any atom is 0.373 e. The van der Waals surface area contributed by atoms with E-state index < -0.39 is 23.6 Å². The summed E-state index contributed by atoms with van der Waals surface area (Å²) in [5.74, 6) is -5.55. The Morgan fingerprint density at radius 3 is 2.24 bits per heavy atom. The standard InChI is InChI=1S/C26H20N2O6/c27-13-17-10-15(6-7-18(17)23(29)14-4-2-1-3-5-14)22(24(30)26(33)34)16-11-20(25(31)32)19-8-9-28-21(19)12-16/h1-12,22,28H,13,27H2,(H,31,32)(H,33,34). The van der Waals surface area contributed by atoms with Gasteiger partial charge in [0.25, 0.3) is 5.78 Å². The Hall–Kier alpha value is -4.56. The number of aromatic amines is 1. The van der Waals surface area contributed by atoms with E-state index in [1.165, 1.54) is 24.3 Å². The number of carbonyl (C=O) groups is 4. The van der Waals surface area contributed by atoms with E-state index in [1.807, 2.05) is 0 Å². The van der Waals surface area contributed by atoms with E-state index >= 15 is 0 Å². The van der Waals surface area contributed by atoms with Gasteiger partial charge in [-0.3, -0.25) is 9.59 Å². The minimum Gasteiger partial charge on any atom is -0.478 e. The van der Waals surface area contributed by atoms with Crippen molar-refractivity contribution in [3.8, 4) is 0 Å². The highest BCUT2D eigenvalue weighted by Gasteiger charge is 2.30. The lowest BCUT2D eigenvalue weighted by molar-refractivity contribution is -0.149. The van der Waals surface area contributed by atoms with Gasteiger partial charge in [-0.05, 0) is 34.9 Å². The quantitative estimate of drug-likeness (QED) is 0.234. The molecule has 5 N–H and O–H groups in total. The number of carboxylic acids is 2. The molecule has 1 unspecified atom stereocenters. The van der Waals surface area contributed by atoms with Crippen molar-refractivity contribution in [1.82, 2.24) is 4.98 Å². The maximum absolute atomic E-state index is 13.0. The number of hydrogen-bond acceptors (Lipinski definition) is 5. The van der Waals surface area contributed by atoms with Crippen molar-refractivity contribution in [3.05, 3.63) is 106 Å². The Bertz CT molecular complexity index is 1440. The van der Waals surface area contributed by atoms with Gasteiger partial charge in [-0.25, -0.2) is 9.59 Å². The molecule has 0 saturated carbocycles. The summed E-state index contributed by atoms with van der Waals surface area (Å²) in [6, 6.07) is 17.6. The fraction of sp³-hybridized carbons (Fsp3) is 0.0769. The highest BCUT2D eigenvalue weighted by Crippen LogP contribution is 2.32. The Morgan fingerprint density at radius 1 is 0.853 bits per heavy atom. The van der Waals surface area contributed by atoms with Crippen LogP contribution in [0.2, 0.25) is 0 Å². The molecule has 0 radical (unpaired) electrons. The summed E-state index contributed by atoms with van der Waals surface area (Å²) in [7, 11) is 0. The van der Waals surface area contributed by atoms with E-state index in [2.05, 4.69) is 4.98 Å².